The molecule has 3 heteroatoms. The molecule has 1 aromatic carbocycles. The Balaban J connectivity index is 2.42. The van der Waals surface area contributed by atoms with Gasteiger partial charge >= 0.3 is 5.97 Å². The number of ether oxygens (including phenoxy) is 1. The smallest absolute Gasteiger partial charge is 0.323 e. The van der Waals surface area contributed by atoms with E-state index in [0.717, 1.165) is 18.4 Å². The highest BCUT2D eigenvalue weighted by Crippen LogP contribution is 2.06. The zero-order valence-electron chi connectivity index (χ0n) is 10.6. The summed E-state index contributed by atoms with van der Waals surface area (Å²) in [5, 5.41) is 0. The quantitative estimate of drug-likeness (QED) is 0.770. The number of esters is 1. The van der Waals surface area contributed by atoms with Crippen LogP contribution in [0.5, 0.6) is 0 Å². The zero-order valence-corrected chi connectivity index (χ0v) is 10.6. The Hall–Kier alpha value is -1.35. The van der Waals surface area contributed by atoms with Crippen molar-refractivity contribution in [3.63, 3.8) is 0 Å². The summed E-state index contributed by atoms with van der Waals surface area (Å²) in [6.07, 6.45) is 2.36. The molecule has 0 radical (unpaired) electrons. The maximum Gasteiger partial charge on any atom is 0.323 e. The molecule has 94 valence electrons. The number of rotatable bonds is 6. The molecular formula is C14H21NO2. The average Bonchev–Trinajstić information content (AvgIpc) is 2.30. The summed E-state index contributed by atoms with van der Waals surface area (Å²) in [6.45, 7) is 3.96. The highest BCUT2D eigenvalue weighted by molar-refractivity contribution is 5.76. The van der Waals surface area contributed by atoms with Crippen molar-refractivity contribution in [3.05, 3.63) is 35.9 Å². The molecule has 3 nitrogen and oxygen atoms in total. The van der Waals surface area contributed by atoms with E-state index in [9.17, 15) is 4.79 Å². The lowest BCUT2D eigenvalue weighted by atomic mass is 10.1. The molecule has 0 amide bonds. The van der Waals surface area contributed by atoms with E-state index in [1.54, 1.807) is 0 Å². The van der Waals surface area contributed by atoms with E-state index < -0.39 is 6.04 Å². The first kappa shape index (κ1) is 13.7. The summed E-state index contributed by atoms with van der Waals surface area (Å²) < 4.78 is 5.26. The molecule has 0 aliphatic heterocycles. The van der Waals surface area contributed by atoms with Gasteiger partial charge < -0.3 is 10.5 Å². The third-order valence-electron chi connectivity index (χ3n) is 2.61. The molecule has 0 aliphatic carbocycles. The molecule has 0 saturated heterocycles. The van der Waals surface area contributed by atoms with Crippen LogP contribution in [0.25, 0.3) is 0 Å². The van der Waals surface area contributed by atoms with E-state index in [1.165, 1.54) is 0 Å². The van der Waals surface area contributed by atoms with Gasteiger partial charge in [0.1, 0.15) is 6.04 Å². The van der Waals surface area contributed by atoms with Crippen molar-refractivity contribution in [3.8, 4) is 0 Å². The predicted molar refractivity (Wildman–Crippen MR) is 68.6 cm³/mol. The third kappa shape index (κ3) is 5.00. The second-order valence-corrected chi connectivity index (χ2v) is 4.33. The highest BCUT2D eigenvalue weighted by Gasteiger charge is 2.17. The van der Waals surface area contributed by atoms with Crippen molar-refractivity contribution in [1.29, 1.82) is 0 Å². The molecule has 0 aromatic heterocycles. The summed E-state index contributed by atoms with van der Waals surface area (Å²) in [4.78, 5) is 11.7. The molecule has 1 rings (SSSR count). The van der Waals surface area contributed by atoms with Gasteiger partial charge in [-0.15, -0.1) is 0 Å². The number of nitrogens with two attached hydrogens (primary N) is 1. The van der Waals surface area contributed by atoms with Gasteiger partial charge in [-0.2, -0.15) is 0 Å². The van der Waals surface area contributed by atoms with Crippen LogP contribution in [0.3, 0.4) is 0 Å². The minimum atomic E-state index is -0.572. The van der Waals surface area contributed by atoms with Crippen molar-refractivity contribution in [2.45, 2.75) is 45.3 Å². The van der Waals surface area contributed by atoms with Gasteiger partial charge in [0.25, 0.3) is 0 Å². The van der Waals surface area contributed by atoms with E-state index in [-0.39, 0.29) is 12.1 Å². The van der Waals surface area contributed by atoms with E-state index in [4.69, 9.17) is 10.5 Å². The van der Waals surface area contributed by atoms with Crippen LogP contribution in [0.2, 0.25) is 0 Å². The number of hydrogen-bond donors (Lipinski definition) is 1. The molecule has 17 heavy (non-hydrogen) atoms. The van der Waals surface area contributed by atoms with Gasteiger partial charge in [0.2, 0.25) is 0 Å². The van der Waals surface area contributed by atoms with E-state index in [0.29, 0.717) is 6.42 Å². The fraction of sp³-hybridized carbons (Fsp3) is 0.500. The second kappa shape index (κ2) is 7.07. The van der Waals surface area contributed by atoms with Crippen molar-refractivity contribution in [2.24, 2.45) is 5.73 Å². The summed E-state index contributed by atoms with van der Waals surface area (Å²) in [5.41, 5.74) is 6.87. The van der Waals surface area contributed by atoms with Crippen LogP contribution in [0.15, 0.2) is 30.3 Å². The third-order valence-corrected chi connectivity index (χ3v) is 2.61. The number of hydrogen-bond acceptors (Lipinski definition) is 3. The minimum Gasteiger partial charge on any atom is -0.462 e. The van der Waals surface area contributed by atoms with Gasteiger partial charge in [0.15, 0.2) is 0 Å². The topological polar surface area (TPSA) is 52.3 Å². The zero-order chi connectivity index (χ0) is 12.7. The maximum absolute atomic E-state index is 11.7. The molecule has 0 saturated carbocycles. The van der Waals surface area contributed by atoms with Crippen LogP contribution in [0, 0.1) is 0 Å². The van der Waals surface area contributed by atoms with E-state index in [2.05, 4.69) is 6.92 Å². The van der Waals surface area contributed by atoms with Crippen LogP contribution in [0.1, 0.15) is 32.3 Å². The van der Waals surface area contributed by atoms with Crippen molar-refractivity contribution in [2.75, 3.05) is 0 Å². The molecule has 2 unspecified atom stereocenters. The monoisotopic (exact) mass is 235 g/mol. The lowest BCUT2D eigenvalue weighted by molar-refractivity contribution is -0.150. The van der Waals surface area contributed by atoms with Gasteiger partial charge in [-0.05, 0) is 25.3 Å². The lowest BCUT2D eigenvalue weighted by Crippen LogP contribution is -2.36. The fourth-order valence-corrected chi connectivity index (χ4v) is 1.70. The Labute approximate surface area is 103 Å². The summed E-state index contributed by atoms with van der Waals surface area (Å²) >= 11 is 0. The first-order chi connectivity index (χ1) is 8.13. The SMILES string of the molecule is CCCC(C)OC(=O)C(N)Cc1ccccc1. The normalized spacial score (nSPS) is 14.1. The maximum atomic E-state index is 11.7. The Morgan fingerprint density at radius 3 is 2.59 bits per heavy atom. The Morgan fingerprint density at radius 1 is 1.35 bits per heavy atom. The Bertz CT molecular complexity index is 337. The minimum absolute atomic E-state index is 0.0469. The van der Waals surface area contributed by atoms with Gasteiger partial charge in [0, 0.05) is 0 Å². The van der Waals surface area contributed by atoms with Crippen molar-refractivity contribution < 1.29 is 9.53 Å². The molecule has 1 aromatic rings. The average molecular weight is 235 g/mol. The molecule has 0 spiro atoms. The predicted octanol–water partition coefficient (Wildman–Crippen LogP) is 2.29. The highest BCUT2D eigenvalue weighted by atomic mass is 16.5. The van der Waals surface area contributed by atoms with Gasteiger partial charge in [-0.25, -0.2) is 0 Å². The molecule has 2 atom stereocenters. The van der Waals surface area contributed by atoms with Gasteiger partial charge in [-0.3, -0.25) is 4.79 Å². The number of benzene rings is 1. The van der Waals surface area contributed by atoms with Crippen LogP contribution < -0.4 is 5.73 Å². The first-order valence-electron chi connectivity index (χ1n) is 6.13. The van der Waals surface area contributed by atoms with Gasteiger partial charge in [0.05, 0.1) is 6.10 Å². The summed E-state index contributed by atoms with van der Waals surface area (Å²) in [6, 6.07) is 9.17. The molecule has 0 aliphatic rings. The summed E-state index contributed by atoms with van der Waals surface area (Å²) in [7, 11) is 0. The first-order valence-corrected chi connectivity index (χ1v) is 6.13. The fourth-order valence-electron chi connectivity index (χ4n) is 1.70. The number of carbonyl (C=O) groups is 1. The van der Waals surface area contributed by atoms with Crippen LogP contribution in [-0.4, -0.2) is 18.1 Å². The largest absolute Gasteiger partial charge is 0.462 e. The van der Waals surface area contributed by atoms with Crippen molar-refractivity contribution >= 4 is 5.97 Å². The van der Waals surface area contributed by atoms with Gasteiger partial charge in [-0.1, -0.05) is 43.7 Å². The second-order valence-electron chi connectivity index (χ2n) is 4.33. The standard InChI is InChI=1S/C14H21NO2/c1-3-7-11(2)17-14(16)13(15)10-12-8-5-4-6-9-12/h4-6,8-9,11,13H,3,7,10,15H2,1-2H3. The van der Waals surface area contributed by atoms with E-state index >= 15 is 0 Å². The van der Waals surface area contributed by atoms with Crippen LogP contribution in [-0.2, 0) is 16.0 Å². The van der Waals surface area contributed by atoms with Crippen molar-refractivity contribution in [1.82, 2.24) is 0 Å². The van der Waals surface area contributed by atoms with E-state index in [1.807, 2.05) is 37.3 Å². The van der Waals surface area contributed by atoms with Crippen LogP contribution in [0.4, 0.5) is 0 Å². The Morgan fingerprint density at radius 2 is 2.00 bits per heavy atom. The van der Waals surface area contributed by atoms with Crippen LogP contribution >= 0.6 is 0 Å². The molecule has 2 N–H and O–H groups in total. The lowest BCUT2D eigenvalue weighted by Gasteiger charge is -2.16. The molecular weight excluding hydrogens is 214 g/mol. The summed E-state index contributed by atoms with van der Waals surface area (Å²) in [5.74, 6) is -0.310. The molecule has 0 fully saturated rings. The Kier molecular flexibility index (Phi) is 5.70. The number of carbonyl (C=O) groups excluding carboxylic acids is 1. The molecule has 0 bridgehead atoms. The molecule has 0 heterocycles.